The van der Waals surface area contributed by atoms with Gasteiger partial charge >= 0.3 is 0 Å². The van der Waals surface area contributed by atoms with Crippen LogP contribution in [0, 0.1) is 13.8 Å². The van der Waals surface area contributed by atoms with Crippen LogP contribution in [0.3, 0.4) is 0 Å². The van der Waals surface area contributed by atoms with E-state index in [4.69, 9.17) is 16.3 Å². The number of nitrogens with zero attached hydrogens (tertiary/aromatic N) is 1. The van der Waals surface area contributed by atoms with Gasteiger partial charge in [-0.1, -0.05) is 35.4 Å². The zero-order valence-corrected chi connectivity index (χ0v) is 16.3. The molecule has 2 aromatic rings. The van der Waals surface area contributed by atoms with Gasteiger partial charge in [0.15, 0.2) is 0 Å². The Balaban J connectivity index is 1.79. The first kappa shape index (κ1) is 19.4. The summed E-state index contributed by atoms with van der Waals surface area (Å²) in [4.78, 5) is 17.2. The van der Waals surface area contributed by atoms with Gasteiger partial charge in [-0.15, -0.1) is 0 Å². The molecule has 0 saturated carbocycles. The van der Waals surface area contributed by atoms with Crippen molar-refractivity contribution in [2.75, 3.05) is 18.5 Å². The second-order valence-electron chi connectivity index (χ2n) is 6.73. The molecule has 1 saturated heterocycles. The van der Waals surface area contributed by atoms with Crippen molar-refractivity contribution in [3.05, 3.63) is 64.2 Å². The number of halogens is 1. The second-order valence-corrected chi connectivity index (χ2v) is 7.17. The van der Waals surface area contributed by atoms with Crippen LogP contribution in [-0.4, -0.2) is 31.1 Å². The lowest BCUT2D eigenvalue weighted by molar-refractivity contribution is 0.0975. The van der Waals surface area contributed by atoms with Crippen LogP contribution >= 0.6 is 11.6 Å². The van der Waals surface area contributed by atoms with Crippen LogP contribution in [0.25, 0.3) is 0 Å². The Morgan fingerprint density at radius 3 is 2.85 bits per heavy atom. The molecule has 0 aromatic heterocycles. The van der Waals surface area contributed by atoms with Crippen LogP contribution in [-0.2, 0) is 4.74 Å². The van der Waals surface area contributed by atoms with Crippen molar-refractivity contribution in [3.8, 4) is 0 Å². The number of ether oxygens (including phenoxy) is 1. The number of amides is 1. The summed E-state index contributed by atoms with van der Waals surface area (Å²) in [6.07, 6.45) is 2.13. The average Bonchev–Trinajstić information content (AvgIpc) is 3.16. The summed E-state index contributed by atoms with van der Waals surface area (Å²) in [5.41, 5.74) is 3.43. The lowest BCUT2D eigenvalue weighted by Crippen LogP contribution is -2.37. The largest absolute Gasteiger partial charge is 0.376 e. The van der Waals surface area contributed by atoms with E-state index in [9.17, 15) is 4.79 Å². The Bertz CT molecular complexity index is 845. The van der Waals surface area contributed by atoms with Crippen LogP contribution in [0.2, 0.25) is 5.02 Å². The SMILES string of the molecule is Cc1cccc(C(=O)NC(=NC[C@H]2CCCO2)Nc2cc(Cl)ccc2C)c1. The number of anilines is 1. The molecule has 0 spiro atoms. The maximum atomic E-state index is 12.7. The number of carbonyl (C=O) groups excluding carboxylic acids is 1. The summed E-state index contributed by atoms with van der Waals surface area (Å²) >= 11 is 6.11. The van der Waals surface area contributed by atoms with Crippen molar-refractivity contribution < 1.29 is 9.53 Å². The van der Waals surface area contributed by atoms with Crippen LogP contribution in [0.15, 0.2) is 47.5 Å². The summed E-state index contributed by atoms with van der Waals surface area (Å²) in [5, 5.41) is 6.70. The van der Waals surface area contributed by atoms with E-state index in [0.717, 1.165) is 36.3 Å². The lowest BCUT2D eigenvalue weighted by Gasteiger charge is -2.15. The predicted molar refractivity (Wildman–Crippen MR) is 110 cm³/mol. The van der Waals surface area contributed by atoms with Crippen molar-refractivity contribution in [1.82, 2.24) is 5.32 Å². The first-order valence-electron chi connectivity index (χ1n) is 9.08. The molecule has 1 aliphatic rings. The molecule has 1 amide bonds. The van der Waals surface area contributed by atoms with Gasteiger partial charge in [0.05, 0.1) is 12.6 Å². The highest BCUT2D eigenvalue weighted by molar-refractivity contribution is 6.31. The van der Waals surface area contributed by atoms with Crippen molar-refractivity contribution in [2.45, 2.75) is 32.8 Å². The van der Waals surface area contributed by atoms with Crippen LogP contribution < -0.4 is 10.6 Å². The minimum absolute atomic E-state index is 0.0955. The van der Waals surface area contributed by atoms with E-state index < -0.39 is 0 Å². The summed E-state index contributed by atoms with van der Waals surface area (Å²) in [6.45, 7) is 5.19. The number of aliphatic imine (C=N–C) groups is 1. The molecule has 1 atom stereocenters. The van der Waals surface area contributed by atoms with E-state index in [1.807, 2.05) is 50.2 Å². The highest BCUT2D eigenvalue weighted by Gasteiger charge is 2.16. The zero-order chi connectivity index (χ0) is 19.2. The molecular weight excluding hydrogens is 362 g/mol. The fraction of sp³-hybridized carbons (Fsp3) is 0.333. The molecule has 0 radical (unpaired) electrons. The van der Waals surface area contributed by atoms with E-state index in [2.05, 4.69) is 15.6 Å². The summed E-state index contributed by atoms with van der Waals surface area (Å²) in [5.74, 6) is 0.180. The molecular formula is C21H24ClN3O2. The molecule has 0 aliphatic carbocycles. The van der Waals surface area contributed by atoms with Gasteiger partial charge in [0.1, 0.15) is 0 Å². The third-order valence-electron chi connectivity index (χ3n) is 4.44. The quantitative estimate of drug-likeness (QED) is 0.608. The van der Waals surface area contributed by atoms with Crippen LogP contribution in [0.4, 0.5) is 5.69 Å². The minimum Gasteiger partial charge on any atom is -0.376 e. The van der Waals surface area contributed by atoms with Gasteiger partial charge in [-0.05, 0) is 56.5 Å². The fourth-order valence-corrected chi connectivity index (χ4v) is 3.09. The number of carbonyl (C=O) groups is 1. The van der Waals surface area contributed by atoms with Gasteiger partial charge in [0.2, 0.25) is 5.96 Å². The molecule has 6 heteroatoms. The second kappa shape index (κ2) is 9.02. The van der Waals surface area contributed by atoms with Gasteiger partial charge in [-0.3, -0.25) is 10.1 Å². The number of guanidine groups is 1. The average molecular weight is 386 g/mol. The highest BCUT2D eigenvalue weighted by atomic mass is 35.5. The number of nitrogens with one attached hydrogen (secondary N) is 2. The van der Waals surface area contributed by atoms with E-state index >= 15 is 0 Å². The van der Waals surface area contributed by atoms with E-state index in [0.29, 0.717) is 23.1 Å². The smallest absolute Gasteiger partial charge is 0.257 e. The van der Waals surface area contributed by atoms with Gasteiger partial charge in [-0.25, -0.2) is 4.99 Å². The highest BCUT2D eigenvalue weighted by Crippen LogP contribution is 2.20. The summed E-state index contributed by atoms with van der Waals surface area (Å²) in [6, 6.07) is 13.0. The molecule has 1 aliphatic heterocycles. The molecule has 2 aromatic carbocycles. The molecule has 1 heterocycles. The van der Waals surface area contributed by atoms with Crippen LogP contribution in [0.1, 0.15) is 34.3 Å². The Labute approximate surface area is 164 Å². The zero-order valence-electron chi connectivity index (χ0n) is 15.6. The van der Waals surface area contributed by atoms with E-state index in [-0.39, 0.29) is 12.0 Å². The fourth-order valence-electron chi connectivity index (χ4n) is 2.91. The van der Waals surface area contributed by atoms with Crippen molar-refractivity contribution in [3.63, 3.8) is 0 Å². The normalized spacial score (nSPS) is 17.0. The molecule has 0 bridgehead atoms. The molecule has 142 valence electrons. The lowest BCUT2D eigenvalue weighted by atomic mass is 10.1. The number of hydrogen-bond donors (Lipinski definition) is 2. The molecule has 3 rings (SSSR count). The molecule has 5 nitrogen and oxygen atoms in total. The van der Waals surface area contributed by atoms with Crippen molar-refractivity contribution >= 4 is 29.2 Å². The van der Waals surface area contributed by atoms with Gasteiger partial charge in [-0.2, -0.15) is 0 Å². The number of rotatable bonds is 4. The van der Waals surface area contributed by atoms with Crippen molar-refractivity contribution in [2.24, 2.45) is 4.99 Å². The summed E-state index contributed by atoms with van der Waals surface area (Å²) in [7, 11) is 0. The molecule has 27 heavy (non-hydrogen) atoms. The Morgan fingerprint density at radius 2 is 2.11 bits per heavy atom. The topological polar surface area (TPSA) is 62.7 Å². The minimum atomic E-state index is -0.211. The Kier molecular flexibility index (Phi) is 6.48. The first-order valence-corrected chi connectivity index (χ1v) is 9.46. The standard InChI is InChI=1S/C21H24ClN3O2/c1-14-5-3-6-16(11-14)20(26)25-21(23-13-18-7-4-10-27-18)24-19-12-17(22)9-8-15(19)2/h3,5-6,8-9,11-12,18H,4,7,10,13H2,1-2H3,(H2,23,24,25,26)/t18-/m1/s1. The maximum absolute atomic E-state index is 12.7. The van der Waals surface area contributed by atoms with Gasteiger partial charge in [0, 0.05) is 22.9 Å². The monoisotopic (exact) mass is 385 g/mol. The summed E-state index contributed by atoms with van der Waals surface area (Å²) < 4.78 is 5.63. The Morgan fingerprint density at radius 1 is 1.26 bits per heavy atom. The third kappa shape index (κ3) is 5.55. The first-order chi connectivity index (χ1) is 13.0. The van der Waals surface area contributed by atoms with Crippen LogP contribution in [0.5, 0.6) is 0 Å². The van der Waals surface area contributed by atoms with Crippen molar-refractivity contribution in [1.29, 1.82) is 0 Å². The number of aryl methyl sites for hydroxylation is 2. The number of benzene rings is 2. The van der Waals surface area contributed by atoms with E-state index in [1.165, 1.54) is 0 Å². The third-order valence-corrected chi connectivity index (χ3v) is 4.68. The molecule has 2 N–H and O–H groups in total. The molecule has 1 fully saturated rings. The number of hydrogen-bond acceptors (Lipinski definition) is 3. The maximum Gasteiger partial charge on any atom is 0.257 e. The predicted octanol–water partition coefficient (Wildman–Crippen LogP) is 4.33. The Hall–Kier alpha value is -2.37. The van der Waals surface area contributed by atoms with E-state index in [1.54, 1.807) is 6.07 Å². The molecule has 0 unspecified atom stereocenters. The van der Waals surface area contributed by atoms with Gasteiger partial charge < -0.3 is 10.1 Å². The van der Waals surface area contributed by atoms with Gasteiger partial charge in [0.25, 0.3) is 5.91 Å².